The van der Waals surface area contributed by atoms with E-state index in [1.54, 1.807) is 26.0 Å². The zero-order valence-electron chi connectivity index (χ0n) is 11.1. The molecule has 0 bridgehead atoms. The van der Waals surface area contributed by atoms with E-state index in [2.05, 4.69) is 16.3 Å². The third-order valence-corrected chi connectivity index (χ3v) is 3.33. The Morgan fingerprint density at radius 1 is 1.58 bits per heavy atom. The van der Waals surface area contributed by atoms with Crippen LogP contribution in [0, 0.1) is 16.7 Å². The number of nitrogens with one attached hydrogen (secondary N) is 1. The maximum Gasteiger partial charge on any atom is 0.310 e. The Hall–Kier alpha value is -2.22. The number of nitrogens with zero attached hydrogens (tertiary/aromatic N) is 2. The van der Waals surface area contributed by atoms with Crippen LogP contribution in [0.25, 0.3) is 0 Å². The van der Waals surface area contributed by atoms with Crippen molar-refractivity contribution < 1.29 is 9.90 Å². The fourth-order valence-electron chi connectivity index (χ4n) is 2.18. The molecule has 1 aliphatic rings. The molecule has 100 valence electrons. The van der Waals surface area contributed by atoms with Crippen LogP contribution in [-0.4, -0.2) is 30.7 Å². The van der Waals surface area contributed by atoms with Crippen molar-refractivity contribution in [3.05, 3.63) is 23.8 Å². The number of carbonyl (C=O) groups is 1. The van der Waals surface area contributed by atoms with Gasteiger partial charge in [0.1, 0.15) is 0 Å². The van der Waals surface area contributed by atoms with Crippen molar-refractivity contribution in [1.29, 1.82) is 5.26 Å². The first-order valence-electron chi connectivity index (χ1n) is 6.20. The molecule has 0 unspecified atom stereocenters. The van der Waals surface area contributed by atoms with Gasteiger partial charge < -0.3 is 15.3 Å². The number of carboxylic acids is 1. The van der Waals surface area contributed by atoms with Gasteiger partial charge >= 0.3 is 5.97 Å². The molecule has 0 saturated heterocycles. The first-order chi connectivity index (χ1) is 8.94. The van der Waals surface area contributed by atoms with Crippen LogP contribution in [0.1, 0.15) is 19.4 Å². The second kappa shape index (κ2) is 4.81. The molecular weight excluding hydrogens is 242 g/mol. The lowest BCUT2D eigenvalue weighted by atomic mass is 9.92. The van der Waals surface area contributed by atoms with Gasteiger partial charge in [-0.3, -0.25) is 4.79 Å². The highest BCUT2D eigenvalue weighted by Gasteiger charge is 2.31. The van der Waals surface area contributed by atoms with Crippen LogP contribution < -0.4 is 10.2 Å². The standard InChI is InChI=1S/C14H17N3O2/c1-14(2,13(18)19)9-17-6-5-16-11-7-10(8-15)3-4-12(11)17/h3-4,7,16H,5-6,9H2,1-2H3,(H,18,19). The van der Waals surface area contributed by atoms with E-state index in [9.17, 15) is 9.90 Å². The van der Waals surface area contributed by atoms with Gasteiger partial charge in [-0.05, 0) is 32.0 Å². The molecule has 0 atom stereocenters. The Bertz CT molecular complexity index is 546. The topological polar surface area (TPSA) is 76.4 Å². The maximum atomic E-state index is 11.2. The van der Waals surface area contributed by atoms with E-state index in [0.717, 1.165) is 24.5 Å². The van der Waals surface area contributed by atoms with Gasteiger partial charge in [-0.25, -0.2) is 0 Å². The molecule has 5 nitrogen and oxygen atoms in total. The van der Waals surface area contributed by atoms with Gasteiger partial charge in [0.15, 0.2) is 0 Å². The summed E-state index contributed by atoms with van der Waals surface area (Å²) in [7, 11) is 0. The van der Waals surface area contributed by atoms with Gasteiger partial charge in [0, 0.05) is 19.6 Å². The Labute approximate surface area is 112 Å². The first-order valence-corrected chi connectivity index (χ1v) is 6.20. The Morgan fingerprint density at radius 2 is 2.32 bits per heavy atom. The second-order valence-electron chi connectivity index (χ2n) is 5.38. The summed E-state index contributed by atoms with van der Waals surface area (Å²) in [5.41, 5.74) is 1.65. The Morgan fingerprint density at radius 3 is 2.95 bits per heavy atom. The molecule has 0 fully saturated rings. The number of anilines is 2. The molecule has 0 spiro atoms. The number of fused-ring (bicyclic) bond motifs is 1. The minimum absolute atomic E-state index is 0.447. The SMILES string of the molecule is CC(C)(CN1CCNc2cc(C#N)ccc21)C(=O)O. The predicted octanol–water partition coefficient (Wildman–Crippen LogP) is 1.90. The third-order valence-electron chi connectivity index (χ3n) is 3.33. The van der Waals surface area contributed by atoms with E-state index in [1.165, 1.54) is 0 Å². The van der Waals surface area contributed by atoms with Crippen molar-refractivity contribution in [3.63, 3.8) is 0 Å². The van der Waals surface area contributed by atoms with Gasteiger partial charge in [0.25, 0.3) is 0 Å². The average Bonchev–Trinajstić information content (AvgIpc) is 2.38. The zero-order valence-corrected chi connectivity index (χ0v) is 11.1. The number of hydrogen-bond acceptors (Lipinski definition) is 4. The van der Waals surface area contributed by atoms with Crippen molar-refractivity contribution >= 4 is 17.3 Å². The smallest absolute Gasteiger partial charge is 0.310 e. The fourth-order valence-corrected chi connectivity index (χ4v) is 2.18. The first kappa shape index (κ1) is 13.2. The second-order valence-corrected chi connectivity index (χ2v) is 5.38. The number of benzene rings is 1. The quantitative estimate of drug-likeness (QED) is 0.867. The number of rotatable bonds is 3. The van der Waals surface area contributed by atoms with Gasteiger partial charge in [0.2, 0.25) is 0 Å². The van der Waals surface area contributed by atoms with Gasteiger partial charge in [0.05, 0.1) is 28.4 Å². The molecule has 0 amide bonds. The maximum absolute atomic E-state index is 11.2. The fraction of sp³-hybridized carbons (Fsp3) is 0.429. The highest BCUT2D eigenvalue weighted by molar-refractivity contribution is 5.77. The molecule has 0 saturated carbocycles. The highest BCUT2D eigenvalue weighted by Crippen LogP contribution is 2.32. The summed E-state index contributed by atoms with van der Waals surface area (Å²) in [6.07, 6.45) is 0. The summed E-state index contributed by atoms with van der Waals surface area (Å²) in [6.45, 7) is 5.40. The molecule has 2 N–H and O–H groups in total. The lowest BCUT2D eigenvalue weighted by Gasteiger charge is -2.36. The number of hydrogen-bond donors (Lipinski definition) is 2. The third kappa shape index (κ3) is 2.63. The average molecular weight is 259 g/mol. The lowest BCUT2D eigenvalue weighted by molar-refractivity contribution is -0.146. The normalized spacial score (nSPS) is 14.3. The number of carboxylic acid groups (broad SMARTS) is 1. The summed E-state index contributed by atoms with van der Waals surface area (Å²) < 4.78 is 0. The largest absolute Gasteiger partial charge is 0.481 e. The zero-order chi connectivity index (χ0) is 14.0. The van der Waals surface area contributed by atoms with Crippen LogP contribution in [0.5, 0.6) is 0 Å². The molecule has 1 heterocycles. The lowest BCUT2D eigenvalue weighted by Crippen LogP contribution is -2.43. The van der Waals surface area contributed by atoms with E-state index in [1.807, 2.05) is 6.07 Å². The molecule has 0 aromatic heterocycles. The van der Waals surface area contributed by atoms with E-state index in [0.29, 0.717) is 12.1 Å². The molecule has 1 aliphatic heterocycles. The van der Waals surface area contributed by atoms with E-state index in [4.69, 9.17) is 5.26 Å². The van der Waals surface area contributed by atoms with Crippen LogP contribution in [0.3, 0.4) is 0 Å². The van der Waals surface area contributed by atoms with Crippen molar-refractivity contribution in [2.75, 3.05) is 29.9 Å². The van der Waals surface area contributed by atoms with E-state index < -0.39 is 11.4 Å². The summed E-state index contributed by atoms with van der Waals surface area (Å²) in [4.78, 5) is 13.3. The van der Waals surface area contributed by atoms with Crippen LogP contribution in [0.2, 0.25) is 0 Å². The Kier molecular flexibility index (Phi) is 3.34. The molecule has 1 aromatic carbocycles. The van der Waals surface area contributed by atoms with Crippen molar-refractivity contribution in [1.82, 2.24) is 0 Å². The van der Waals surface area contributed by atoms with Gasteiger partial charge in [-0.15, -0.1) is 0 Å². The van der Waals surface area contributed by atoms with E-state index in [-0.39, 0.29) is 0 Å². The molecule has 0 radical (unpaired) electrons. The van der Waals surface area contributed by atoms with E-state index >= 15 is 0 Å². The molecular formula is C14H17N3O2. The van der Waals surface area contributed by atoms with Crippen LogP contribution >= 0.6 is 0 Å². The monoisotopic (exact) mass is 259 g/mol. The minimum atomic E-state index is -0.804. The molecule has 5 heteroatoms. The summed E-state index contributed by atoms with van der Waals surface area (Å²) in [5, 5.41) is 21.4. The Balaban J connectivity index is 2.28. The number of aliphatic carboxylic acids is 1. The molecule has 0 aliphatic carbocycles. The molecule has 2 rings (SSSR count). The van der Waals surface area contributed by atoms with Crippen LogP contribution in [0.15, 0.2) is 18.2 Å². The highest BCUT2D eigenvalue weighted by atomic mass is 16.4. The van der Waals surface area contributed by atoms with Crippen molar-refractivity contribution in [2.24, 2.45) is 5.41 Å². The summed E-state index contributed by atoms with van der Waals surface area (Å²) >= 11 is 0. The molecule has 1 aromatic rings. The van der Waals surface area contributed by atoms with Crippen LogP contribution in [0.4, 0.5) is 11.4 Å². The molecule has 19 heavy (non-hydrogen) atoms. The summed E-state index contributed by atoms with van der Waals surface area (Å²) in [5.74, 6) is -0.804. The van der Waals surface area contributed by atoms with Crippen molar-refractivity contribution in [2.45, 2.75) is 13.8 Å². The van der Waals surface area contributed by atoms with Gasteiger partial charge in [-0.2, -0.15) is 5.26 Å². The van der Waals surface area contributed by atoms with Crippen molar-refractivity contribution in [3.8, 4) is 6.07 Å². The van der Waals surface area contributed by atoms with Crippen LogP contribution in [-0.2, 0) is 4.79 Å². The van der Waals surface area contributed by atoms with Gasteiger partial charge in [-0.1, -0.05) is 0 Å². The number of nitriles is 1. The predicted molar refractivity (Wildman–Crippen MR) is 73.3 cm³/mol. The summed E-state index contributed by atoms with van der Waals surface area (Å²) in [6, 6.07) is 7.54. The minimum Gasteiger partial charge on any atom is -0.481 e.